The van der Waals surface area contributed by atoms with Crippen molar-refractivity contribution in [3.63, 3.8) is 0 Å². The molecule has 2 saturated heterocycles. The minimum Gasteiger partial charge on any atom is -0.481 e. The maximum Gasteiger partial charge on any atom is 0.303 e. The molecule has 0 aromatic rings. The first-order chi connectivity index (χ1) is 10.2. The second-order valence-corrected chi connectivity index (χ2v) is 6.21. The van der Waals surface area contributed by atoms with E-state index in [-0.39, 0.29) is 6.42 Å². The number of fused-ring (bicyclic) bond motifs is 2. The van der Waals surface area contributed by atoms with E-state index >= 15 is 0 Å². The summed E-state index contributed by atoms with van der Waals surface area (Å²) in [5.74, 6) is 0.471. The summed E-state index contributed by atoms with van der Waals surface area (Å²) in [5.41, 5.74) is 0. The lowest BCUT2D eigenvalue weighted by Crippen LogP contribution is -2.26. The summed E-state index contributed by atoms with van der Waals surface area (Å²) in [5, 5.41) is 8.59. The van der Waals surface area contributed by atoms with E-state index in [0.717, 1.165) is 32.0 Å². The van der Waals surface area contributed by atoms with Gasteiger partial charge in [-0.2, -0.15) is 0 Å². The molecular formula is C17H26O4. The van der Waals surface area contributed by atoms with Crippen molar-refractivity contribution in [2.75, 3.05) is 0 Å². The zero-order chi connectivity index (χ0) is 15.1. The number of aliphatic carboxylic acids is 1. The number of allylic oxidation sites excluding steroid dienone is 2. The van der Waals surface area contributed by atoms with E-state index in [1.165, 1.54) is 12.8 Å². The SMILES string of the molecule is O=CCCC[C@@H]1[C@H](C/C=C\CCCC(=O)O)[C@@H]2CC[C@H]1O2. The number of carboxylic acids is 1. The number of rotatable bonds is 10. The van der Waals surface area contributed by atoms with Crippen molar-refractivity contribution in [3.05, 3.63) is 12.2 Å². The minimum atomic E-state index is -0.722. The molecule has 0 unspecified atom stereocenters. The number of hydrogen-bond donors (Lipinski definition) is 1. The van der Waals surface area contributed by atoms with E-state index in [0.29, 0.717) is 36.9 Å². The highest BCUT2D eigenvalue weighted by Gasteiger charge is 2.47. The van der Waals surface area contributed by atoms with E-state index < -0.39 is 5.97 Å². The molecule has 2 fully saturated rings. The zero-order valence-corrected chi connectivity index (χ0v) is 12.6. The number of ether oxygens (including phenoxy) is 1. The molecule has 0 radical (unpaired) electrons. The van der Waals surface area contributed by atoms with Crippen LogP contribution in [0, 0.1) is 11.8 Å². The first-order valence-corrected chi connectivity index (χ1v) is 8.18. The van der Waals surface area contributed by atoms with Gasteiger partial charge in [-0.25, -0.2) is 0 Å². The highest BCUT2D eigenvalue weighted by atomic mass is 16.5. The Morgan fingerprint density at radius 3 is 2.57 bits per heavy atom. The third kappa shape index (κ3) is 4.67. The smallest absolute Gasteiger partial charge is 0.303 e. The first kappa shape index (κ1) is 16.2. The second-order valence-electron chi connectivity index (χ2n) is 6.21. The Balaban J connectivity index is 1.73. The van der Waals surface area contributed by atoms with Gasteiger partial charge in [-0.1, -0.05) is 12.2 Å². The lowest BCUT2D eigenvalue weighted by atomic mass is 9.75. The van der Waals surface area contributed by atoms with Gasteiger partial charge >= 0.3 is 5.97 Å². The lowest BCUT2D eigenvalue weighted by molar-refractivity contribution is -0.137. The number of aldehydes is 1. The van der Waals surface area contributed by atoms with E-state index in [1.54, 1.807) is 0 Å². The predicted molar refractivity (Wildman–Crippen MR) is 80.0 cm³/mol. The molecule has 0 aromatic carbocycles. The number of carbonyl (C=O) groups excluding carboxylic acids is 1. The number of carboxylic acid groups (broad SMARTS) is 1. The molecule has 4 heteroatoms. The van der Waals surface area contributed by atoms with Crippen molar-refractivity contribution >= 4 is 12.3 Å². The van der Waals surface area contributed by atoms with Gasteiger partial charge in [0.2, 0.25) is 0 Å². The Hall–Kier alpha value is -1.16. The lowest BCUT2D eigenvalue weighted by Gasteiger charge is -2.27. The fourth-order valence-electron chi connectivity index (χ4n) is 3.78. The van der Waals surface area contributed by atoms with Gasteiger partial charge in [0.05, 0.1) is 12.2 Å². The minimum absolute atomic E-state index is 0.246. The van der Waals surface area contributed by atoms with Crippen LogP contribution in [0.3, 0.4) is 0 Å². The Labute approximate surface area is 126 Å². The van der Waals surface area contributed by atoms with Crippen molar-refractivity contribution in [2.45, 2.75) is 70.0 Å². The van der Waals surface area contributed by atoms with Crippen LogP contribution in [-0.4, -0.2) is 29.6 Å². The molecule has 2 rings (SSSR count). The van der Waals surface area contributed by atoms with Crippen LogP contribution in [0.15, 0.2) is 12.2 Å². The van der Waals surface area contributed by atoms with Gasteiger partial charge in [0.1, 0.15) is 6.29 Å². The average Bonchev–Trinajstić information content (AvgIpc) is 3.04. The highest BCUT2D eigenvalue weighted by molar-refractivity contribution is 5.66. The maximum absolute atomic E-state index is 10.5. The third-order valence-corrected chi connectivity index (χ3v) is 4.79. The molecule has 0 amide bonds. The molecule has 0 aliphatic carbocycles. The van der Waals surface area contributed by atoms with Crippen LogP contribution in [0.4, 0.5) is 0 Å². The fourth-order valence-corrected chi connectivity index (χ4v) is 3.78. The summed E-state index contributed by atoms with van der Waals surface area (Å²) in [4.78, 5) is 20.9. The van der Waals surface area contributed by atoms with Crippen LogP contribution >= 0.6 is 0 Å². The zero-order valence-electron chi connectivity index (χ0n) is 12.6. The Bertz CT molecular complexity index is 377. The van der Waals surface area contributed by atoms with Crippen molar-refractivity contribution in [2.24, 2.45) is 11.8 Å². The van der Waals surface area contributed by atoms with E-state index in [4.69, 9.17) is 9.84 Å². The monoisotopic (exact) mass is 294 g/mol. The number of carbonyl (C=O) groups is 2. The molecule has 1 N–H and O–H groups in total. The van der Waals surface area contributed by atoms with Gasteiger partial charge in [-0.15, -0.1) is 0 Å². The molecule has 2 aliphatic rings. The second kappa shape index (κ2) is 8.32. The number of unbranched alkanes of at least 4 members (excludes halogenated alkanes) is 2. The molecule has 0 saturated carbocycles. The molecule has 118 valence electrons. The molecule has 0 spiro atoms. The van der Waals surface area contributed by atoms with Crippen LogP contribution in [0.2, 0.25) is 0 Å². The molecule has 4 atom stereocenters. The van der Waals surface area contributed by atoms with Crippen LogP contribution in [0.5, 0.6) is 0 Å². The van der Waals surface area contributed by atoms with Crippen molar-refractivity contribution in [3.8, 4) is 0 Å². The summed E-state index contributed by atoms with van der Waals surface area (Å²) in [6.45, 7) is 0. The van der Waals surface area contributed by atoms with Gasteiger partial charge in [-0.3, -0.25) is 4.79 Å². The molecular weight excluding hydrogens is 268 g/mol. The van der Waals surface area contributed by atoms with E-state index in [2.05, 4.69) is 12.2 Å². The summed E-state index contributed by atoms with van der Waals surface area (Å²) in [7, 11) is 0. The van der Waals surface area contributed by atoms with Crippen LogP contribution in [0.25, 0.3) is 0 Å². The molecule has 0 aromatic heterocycles. The van der Waals surface area contributed by atoms with Gasteiger partial charge < -0.3 is 14.6 Å². The Kier molecular flexibility index (Phi) is 6.43. The van der Waals surface area contributed by atoms with Gasteiger partial charge in [0.25, 0.3) is 0 Å². The summed E-state index contributed by atoms with van der Waals surface area (Å²) >= 11 is 0. The molecule has 2 aliphatic heterocycles. The largest absolute Gasteiger partial charge is 0.481 e. The standard InChI is InChI=1S/C17H26O4/c18-12-6-5-8-14-13(15-10-11-16(14)21-15)7-3-1-2-4-9-17(19)20/h1,3,12-16H,2,4-11H2,(H,19,20)/b3-1-/t13-,14+,15-,16+/m0/s1. The predicted octanol–water partition coefficient (Wildman–Crippen LogP) is 3.35. The van der Waals surface area contributed by atoms with Gasteiger partial charge in [0.15, 0.2) is 0 Å². The Morgan fingerprint density at radius 2 is 1.86 bits per heavy atom. The average molecular weight is 294 g/mol. The van der Waals surface area contributed by atoms with Gasteiger partial charge in [-0.05, 0) is 56.8 Å². The number of hydrogen-bond acceptors (Lipinski definition) is 3. The van der Waals surface area contributed by atoms with Crippen LogP contribution in [-0.2, 0) is 14.3 Å². The molecule has 2 heterocycles. The van der Waals surface area contributed by atoms with Crippen molar-refractivity contribution in [1.29, 1.82) is 0 Å². The van der Waals surface area contributed by atoms with Crippen molar-refractivity contribution in [1.82, 2.24) is 0 Å². The maximum atomic E-state index is 10.5. The Morgan fingerprint density at radius 1 is 1.10 bits per heavy atom. The third-order valence-electron chi connectivity index (χ3n) is 4.79. The van der Waals surface area contributed by atoms with Crippen LogP contribution in [0.1, 0.15) is 57.8 Å². The van der Waals surface area contributed by atoms with Crippen molar-refractivity contribution < 1.29 is 19.4 Å². The molecule has 21 heavy (non-hydrogen) atoms. The topological polar surface area (TPSA) is 63.6 Å². The van der Waals surface area contributed by atoms with Gasteiger partial charge in [0, 0.05) is 12.8 Å². The van der Waals surface area contributed by atoms with Crippen LogP contribution < -0.4 is 0 Å². The fraction of sp³-hybridized carbons (Fsp3) is 0.765. The quantitative estimate of drug-likeness (QED) is 0.381. The van der Waals surface area contributed by atoms with E-state index in [1.807, 2.05) is 0 Å². The molecule has 4 nitrogen and oxygen atoms in total. The van der Waals surface area contributed by atoms with E-state index in [9.17, 15) is 9.59 Å². The summed E-state index contributed by atoms with van der Waals surface area (Å²) < 4.78 is 6.04. The highest BCUT2D eigenvalue weighted by Crippen LogP contribution is 2.47. The first-order valence-electron chi connectivity index (χ1n) is 8.18. The summed E-state index contributed by atoms with van der Waals surface area (Å²) in [6, 6.07) is 0. The molecule has 2 bridgehead atoms. The normalized spacial score (nSPS) is 31.0. The summed E-state index contributed by atoms with van der Waals surface area (Å²) in [6.07, 6.45) is 14.0.